The van der Waals surface area contributed by atoms with E-state index < -0.39 is 0 Å². The quantitative estimate of drug-likeness (QED) is 0.790. The molecule has 0 bridgehead atoms. The maximum atomic E-state index is 4.21. The van der Waals surface area contributed by atoms with E-state index in [0.717, 1.165) is 32.8 Å². The molecule has 0 aliphatic carbocycles. The van der Waals surface area contributed by atoms with Crippen molar-refractivity contribution in [3.63, 3.8) is 0 Å². The predicted octanol–water partition coefficient (Wildman–Crippen LogP) is 3.52. The molecule has 2 aromatic carbocycles. The minimum atomic E-state index is 0.991. The summed E-state index contributed by atoms with van der Waals surface area (Å²) in [6, 6.07) is 21.3. The lowest BCUT2D eigenvalue weighted by molar-refractivity contribution is 0.105. The first-order valence-corrected chi connectivity index (χ1v) is 7.49. The van der Waals surface area contributed by atoms with Gasteiger partial charge in [0.15, 0.2) is 0 Å². The molecular formula is C19H22N2. The summed E-state index contributed by atoms with van der Waals surface area (Å²) in [5.41, 5.74) is 4.03. The molecule has 1 saturated heterocycles. The fraction of sp³-hybridized carbons (Fsp3) is 0.263. The Kier molecular flexibility index (Phi) is 4.49. The molecule has 3 rings (SSSR count). The maximum absolute atomic E-state index is 4.21. The smallest absolute Gasteiger partial charge is 0.0519 e. The van der Waals surface area contributed by atoms with Crippen molar-refractivity contribution in [3.05, 3.63) is 83.9 Å². The average molecular weight is 278 g/mol. The molecule has 1 aliphatic rings. The predicted molar refractivity (Wildman–Crippen MR) is 87.7 cm³/mol. The highest BCUT2D eigenvalue weighted by molar-refractivity contribution is 5.17. The van der Waals surface area contributed by atoms with Gasteiger partial charge in [-0.3, -0.25) is 9.80 Å². The van der Waals surface area contributed by atoms with Crippen LogP contribution in [0.5, 0.6) is 0 Å². The lowest BCUT2D eigenvalue weighted by Gasteiger charge is -2.37. The second kappa shape index (κ2) is 6.70. The molecule has 1 fully saturated rings. The van der Waals surface area contributed by atoms with Crippen LogP contribution in [0.4, 0.5) is 0 Å². The largest absolute Gasteiger partial charge is 0.282 e. The molecule has 1 aliphatic heterocycles. The topological polar surface area (TPSA) is 6.48 Å². The minimum Gasteiger partial charge on any atom is -0.282 e. The Morgan fingerprint density at radius 1 is 0.714 bits per heavy atom. The standard InChI is InChI=1S/C19H22N2/c1-17-12-20(14-18-8-4-2-5-9-18)16-21(13-17)15-19-10-6-3-7-11-19/h2-11H,1,12-16H2. The molecule has 0 spiro atoms. The molecule has 2 nitrogen and oxygen atoms in total. The van der Waals surface area contributed by atoms with Crippen molar-refractivity contribution in [1.82, 2.24) is 9.80 Å². The molecule has 2 heteroatoms. The molecule has 1 heterocycles. The number of nitrogens with zero attached hydrogens (tertiary/aromatic N) is 2. The fourth-order valence-corrected chi connectivity index (χ4v) is 2.96. The first-order valence-electron chi connectivity index (χ1n) is 7.49. The summed E-state index contributed by atoms with van der Waals surface area (Å²) in [6.45, 7) is 9.20. The van der Waals surface area contributed by atoms with Crippen molar-refractivity contribution in [3.8, 4) is 0 Å². The van der Waals surface area contributed by atoms with Gasteiger partial charge in [0.2, 0.25) is 0 Å². The van der Waals surface area contributed by atoms with E-state index in [9.17, 15) is 0 Å². The third-order valence-corrected chi connectivity index (χ3v) is 3.79. The highest BCUT2D eigenvalue weighted by Gasteiger charge is 2.19. The van der Waals surface area contributed by atoms with Gasteiger partial charge in [0, 0.05) is 26.2 Å². The molecule has 0 atom stereocenters. The Hall–Kier alpha value is -1.90. The van der Waals surface area contributed by atoms with Crippen LogP contribution in [0.1, 0.15) is 11.1 Å². The average Bonchev–Trinajstić information content (AvgIpc) is 2.48. The third-order valence-electron chi connectivity index (χ3n) is 3.79. The van der Waals surface area contributed by atoms with Crippen LogP contribution in [0, 0.1) is 0 Å². The SMILES string of the molecule is C=C1CN(Cc2ccccc2)CN(Cc2ccccc2)C1. The van der Waals surface area contributed by atoms with E-state index in [1.54, 1.807) is 0 Å². The van der Waals surface area contributed by atoms with Crippen LogP contribution < -0.4 is 0 Å². The monoisotopic (exact) mass is 278 g/mol. The van der Waals surface area contributed by atoms with Crippen LogP contribution in [0.15, 0.2) is 72.8 Å². The highest BCUT2D eigenvalue weighted by atomic mass is 15.3. The Balaban J connectivity index is 1.63. The van der Waals surface area contributed by atoms with Crippen LogP contribution >= 0.6 is 0 Å². The summed E-state index contributed by atoms with van der Waals surface area (Å²) in [7, 11) is 0. The molecule has 0 N–H and O–H groups in total. The van der Waals surface area contributed by atoms with Gasteiger partial charge in [0.25, 0.3) is 0 Å². The second-order valence-electron chi connectivity index (χ2n) is 5.84. The van der Waals surface area contributed by atoms with Gasteiger partial charge < -0.3 is 0 Å². The molecule has 21 heavy (non-hydrogen) atoms. The first-order chi connectivity index (χ1) is 10.3. The van der Waals surface area contributed by atoms with E-state index >= 15 is 0 Å². The Morgan fingerprint density at radius 2 is 1.14 bits per heavy atom. The van der Waals surface area contributed by atoms with E-state index in [2.05, 4.69) is 77.0 Å². The van der Waals surface area contributed by atoms with E-state index in [1.165, 1.54) is 16.7 Å². The zero-order chi connectivity index (χ0) is 14.5. The van der Waals surface area contributed by atoms with Crippen LogP contribution in [0.25, 0.3) is 0 Å². The van der Waals surface area contributed by atoms with Gasteiger partial charge in [-0.15, -0.1) is 0 Å². The van der Waals surface area contributed by atoms with Gasteiger partial charge in [0.1, 0.15) is 0 Å². The van der Waals surface area contributed by atoms with Crippen molar-refractivity contribution in [2.45, 2.75) is 13.1 Å². The van der Waals surface area contributed by atoms with Gasteiger partial charge >= 0.3 is 0 Å². The summed E-state index contributed by atoms with van der Waals surface area (Å²) < 4.78 is 0. The number of benzene rings is 2. The van der Waals surface area contributed by atoms with E-state index in [1.807, 2.05) is 0 Å². The number of hydrogen-bond acceptors (Lipinski definition) is 2. The van der Waals surface area contributed by atoms with Gasteiger partial charge in [-0.25, -0.2) is 0 Å². The van der Waals surface area contributed by atoms with E-state index in [-0.39, 0.29) is 0 Å². The van der Waals surface area contributed by atoms with Crippen molar-refractivity contribution >= 4 is 0 Å². The maximum Gasteiger partial charge on any atom is 0.0519 e. The lowest BCUT2D eigenvalue weighted by Crippen LogP contribution is -2.44. The molecule has 108 valence electrons. The van der Waals surface area contributed by atoms with Crippen LogP contribution in [-0.4, -0.2) is 29.6 Å². The van der Waals surface area contributed by atoms with Crippen molar-refractivity contribution in [1.29, 1.82) is 0 Å². The molecule has 0 saturated carbocycles. The normalized spacial score (nSPS) is 17.0. The Morgan fingerprint density at radius 3 is 1.57 bits per heavy atom. The zero-order valence-electron chi connectivity index (χ0n) is 12.4. The third kappa shape index (κ3) is 4.03. The van der Waals surface area contributed by atoms with Gasteiger partial charge in [-0.2, -0.15) is 0 Å². The van der Waals surface area contributed by atoms with Gasteiger partial charge in [-0.1, -0.05) is 67.2 Å². The molecule has 2 aromatic rings. The Bertz CT molecular complexity index is 526. The van der Waals surface area contributed by atoms with E-state index in [4.69, 9.17) is 0 Å². The van der Waals surface area contributed by atoms with Crippen molar-refractivity contribution in [2.75, 3.05) is 19.8 Å². The lowest BCUT2D eigenvalue weighted by atomic mass is 10.1. The zero-order valence-corrected chi connectivity index (χ0v) is 12.4. The molecular weight excluding hydrogens is 256 g/mol. The second-order valence-corrected chi connectivity index (χ2v) is 5.84. The fourth-order valence-electron chi connectivity index (χ4n) is 2.96. The highest BCUT2D eigenvalue weighted by Crippen LogP contribution is 2.16. The number of hydrogen-bond donors (Lipinski definition) is 0. The molecule has 0 amide bonds. The number of rotatable bonds is 4. The van der Waals surface area contributed by atoms with Gasteiger partial charge in [0.05, 0.1) is 6.67 Å². The molecule has 0 unspecified atom stereocenters. The van der Waals surface area contributed by atoms with Crippen molar-refractivity contribution in [2.24, 2.45) is 0 Å². The molecule has 0 aromatic heterocycles. The van der Waals surface area contributed by atoms with Gasteiger partial charge in [-0.05, 0) is 16.7 Å². The van der Waals surface area contributed by atoms with Crippen molar-refractivity contribution < 1.29 is 0 Å². The Labute approximate surface area is 127 Å². The van der Waals surface area contributed by atoms with Crippen LogP contribution in [0.3, 0.4) is 0 Å². The summed E-state index contributed by atoms with van der Waals surface area (Å²) in [5.74, 6) is 0. The van der Waals surface area contributed by atoms with Crippen LogP contribution in [0.2, 0.25) is 0 Å². The summed E-state index contributed by atoms with van der Waals surface area (Å²) in [6.07, 6.45) is 0. The summed E-state index contributed by atoms with van der Waals surface area (Å²) in [5, 5.41) is 0. The minimum absolute atomic E-state index is 0.991. The molecule has 0 radical (unpaired) electrons. The summed E-state index contributed by atoms with van der Waals surface area (Å²) in [4.78, 5) is 4.92. The first kappa shape index (κ1) is 14.1. The van der Waals surface area contributed by atoms with Crippen LogP contribution in [-0.2, 0) is 13.1 Å². The summed E-state index contributed by atoms with van der Waals surface area (Å²) >= 11 is 0. The van der Waals surface area contributed by atoms with E-state index in [0.29, 0.717) is 0 Å².